The molecule has 0 fully saturated rings. The molecule has 0 bridgehead atoms. The maximum Gasteiger partial charge on any atom is 0.0698 e. The van der Waals surface area contributed by atoms with E-state index in [9.17, 15) is 0 Å². The molecule has 2 radical (unpaired) electrons. The van der Waals surface area contributed by atoms with Crippen LogP contribution in [0.2, 0.25) is 0 Å². The van der Waals surface area contributed by atoms with Crippen LogP contribution in [-0.2, 0) is 96.7 Å². The quantitative estimate of drug-likeness (QED) is 0.233. The molecule has 0 unspecified atom stereocenters. The summed E-state index contributed by atoms with van der Waals surface area (Å²) in [5.74, 6) is 1.42. The second kappa shape index (κ2) is 1980. The van der Waals surface area contributed by atoms with Crippen molar-refractivity contribution in [3.8, 4) is 0 Å². The molecule has 0 heterocycles. The zero-order chi connectivity index (χ0) is 33.1. The van der Waals surface area contributed by atoms with Gasteiger partial charge in [0.15, 0.2) is 0 Å². The Morgan fingerprint density at radius 3 is 0.525 bits per heavy atom. The first kappa shape index (κ1) is 150. The Morgan fingerprint density at radius 1 is 0.400 bits per heavy atom. The predicted octanol–water partition coefficient (Wildman–Crippen LogP) is 1.75. The second-order valence-corrected chi connectivity index (χ2v) is 2.56. The maximum absolute atomic E-state index is 8.09. The molecule has 0 aromatic heterocycles. The summed E-state index contributed by atoms with van der Waals surface area (Å²) >= 11 is 0. The van der Waals surface area contributed by atoms with Gasteiger partial charge in [-0.3, -0.25) is 0 Å². The minimum atomic E-state index is 0. The Morgan fingerprint density at radius 2 is 0.475 bits per heavy atom. The van der Waals surface area contributed by atoms with E-state index in [-0.39, 0.29) is 105 Å². The van der Waals surface area contributed by atoms with Crippen molar-refractivity contribution in [3.63, 3.8) is 0 Å². The average Bonchev–Trinajstić information content (AvgIpc) is 3.01. The van der Waals surface area contributed by atoms with E-state index >= 15 is 0 Å². The fourth-order valence-corrected chi connectivity index (χ4v) is 0.231. The number of hydrogen-bond acceptors (Lipinski definition) is 15. The summed E-state index contributed by atoms with van der Waals surface area (Å²) < 4.78 is 4.63. The van der Waals surface area contributed by atoms with E-state index in [4.69, 9.17) is 152 Å². The molecule has 0 aromatic rings. The first-order valence-corrected chi connectivity index (χ1v) is 6.39. The molecule has 15 nitrogen and oxygen atoms in total. The largest absolute Gasteiger partial charge is 0.512 e. The molecule has 0 atom stereocenters. The van der Waals surface area contributed by atoms with Crippen molar-refractivity contribution >= 4 is 0 Å². The summed E-state index contributed by atoms with van der Waals surface area (Å²) in [6.45, 7) is 63.9. The van der Waals surface area contributed by atoms with Gasteiger partial charge in [-0.05, 0) is 0 Å². The van der Waals surface area contributed by atoms with Gasteiger partial charge in [0.05, 0.1) is 26.4 Å². The van der Waals surface area contributed by atoms with Gasteiger partial charge in [0.25, 0.3) is 0 Å². The molecule has 0 rings (SSSR count). The average molecular weight is 789 g/mol. The van der Waals surface area contributed by atoms with E-state index in [1.165, 1.54) is 5.92 Å². The first-order chi connectivity index (χ1) is 17.1. The van der Waals surface area contributed by atoms with Gasteiger partial charge in [-0.1, -0.05) is 0 Å². The van der Waals surface area contributed by atoms with E-state index in [1.54, 1.807) is 0 Å². The van der Waals surface area contributed by atoms with Crippen molar-refractivity contribution in [1.82, 2.24) is 0 Å². The van der Waals surface area contributed by atoms with Gasteiger partial charge in [-0.2, -0.15) is 20.8 Å². The summed E-state index contributed by atoms with van der Waals surface area (Å²) in [4.78, 5) is 0. The van der Waals surface area contributed by atoms with Gasteiger partial charge in [0, 0.05) is 92.0 Å². The third kappa shape index (κ3) is 94800. The Kier molecular flexibility index (Phi) is 7420. The van der Waals surface area contributed by atoms with E-state index in [0.717, 1.165) is 0 Å². The molecule has 40 heavy (non-hydrogen) atoms. The van der Waals surface area contributed by atoms with Gasteiger partial charge in [0.1, 0.15) is 0 Å². The molecule has 0 amide bonds. The molecule has 2 N–H and O–H groups in total. The van der Waals surface area contributed by atoms with E-state index in [2.05, 4.69) is 25.5 Å². The van der Waals surface area contributed by atoms with Gasteiger partial charge in [-0.25, -0.2) is 0 Å². The Hall–Kier alpha value is -3.36. The van der Waals surface area contributed by atoms with Crippen molar-refractivity contribution in [2.75, 3.05) is 26.4 Å². The normalized spacial score (nSPS) is 3.15. The van der Waals surface area contributed by atoms with Crippen LogP contribution in [0.25, 0.3) is 0 Å². The molecule has 20 heteroatoms. The third-order valence-corrected chi connectivity index (χ3v) is 0.471. The molecule has 0 aromatic carbocycles. The minimum Gasteiger partial charge on any atom is -0.512 e. The standard InChI is InChI=1S/C4H10O3.C4H9.12CN.2Co.3Zn/c5-1-3-7-4-2-6;1-4(2)3;12*1-2;;;;;/h5-6H,1-4H2;1-3H3;;;;;;;;;;;;;;;;;/q;13*-1;;;;;. The second-order valence-electron chi connectivity index (χ2n) is 2.56. The van der Waals surface area contributed by atoms with Crippen LogP contribution >= 0.6 is 0 Å². The van der Waals surface area contributed by atoms with Crippen LogP contribution in [0.15, 0.2) is 0 Å². The number of aliphatic hydroxyl groups is 2. The SMILES string of the molecule is C[C-](C)C.OCCOCCO.[C-]#N.[C-]#N.[C-]#N.[C-]#N.[C-]#N.[C-]#N.[C-]#N.[C-]#N.[C-]#N.[C-]#N.[C-]#N.[C-]#N.[Co].[Co].[Zn].[Zn].[Zn]. The summed E-state index contributed by atoms with van der Waals surface area (Å²) in [6, 6.07) is 0. The fourth-order valence-electron chi connectivity index (χ4n) is 0.231. The van der Waals surface area contributed by atoms with Crippen LogP contribution in [0.1, 0.15) is 20.8 Å². The fraction of sp³-hybridized carbons (Fsp3) is 0.350. The van der Waals surface area contributed by atoms with Gasteiger partial charge >= 0.3 is 0 Å². The topological polar surface area (TPSA) is 335 Å². The predicted molar refractivity (Wildman–Crippen MR) is 105 cm³/mol. The Balaban J connectivity index is -0.00000000718. The molecular formula is C20H19Co2N12O3Zn3-13. The molecule has 0 saturated carbocycles. The smallest absolute Gasteiger partial charge is 0.0698 e. The minimum absolute atomic E-state index is 0. The summed E-state index contributed by atoms with van der Waals surface area (Å²) in [5, 5.41) is 91.2. The van der Waals surface area contributed by atoms with Crippen molar-refractivity contribution in [2.24, 2.45) is 0 Å². The van der Waals surface area contributed by atoms with Crippen molar-refractivity contribution in [1.29, 1.82) is 63.1 Å². The molecule has 0 spiro atoms. The van der Waals surface area contributed by atoms with Crippen LogP contribution in [-0.4, -0.2) is 36.6 Å². The Bertz CT molecular complexity index is 357. The van der Waals surface area contributed by atoms with Crippen LogP contribution in [0, 0.1) is 148 Å². The van der Waals surface area contributed by atoms with Crippen LogP contribution in [0.4, 0.5) is 0 Å². The van der Waals surface area contributed by atoms with E-state index in [0.29, 0.717) is 13.2 Å². The number of rotatable bonds is 4. The van der Waals surface area contributed by atoms with Crippen LogP contribution in [0.5, 0.6) is 0 Å². The van der Waals surface area contributed by atoms with Gasteiger partial charge in [0.2, 0.25) is 0 Å². The third-order valence-electron chi connectivity index (χ3n) is 0.471. The van der Waals surface area contributed by atoms with Gasteiger partial charge < -0.3 is 163 Å². The van der Waals surface area contributed by atoms with Crippen LogP contribution < -0.4 is 0 Å². The molecule has 0 aliphatic carbocycles. The zero-order valence-electron chi connectivity index (χ0n) is 21.8. The molecule has 0 saturated heterocycles. The van der Waals surface area contributed by atoms with Crippen molar-refractivity contribution < 1.29 is 107 Å². The molecular weight excluding hydrogens is 770 g/mol. The monoisotopic (exact) mass is 785 g/mol. The molecule has 214 valence electrons. The summed E-state index contributed by atoms with van der Waals surface area (Å²) in [6.07, 6.45) is 0. The number of aliphatic hydroxyl groups excluding tert-OH is 2. The number of ether oxygens (including phenoxy) is 1. The van der Waals surface area contributed by atoms with E-state index < -0.39 is 0 Å². The molecule has 0 aliphatic heterocycles. The Labute approximate surface area is 299 Å². The zero-order valence-corrected chi connectivity index (χ0v) is 32.8. The molecule has 0 aliphatic rings. The number of nitrogens with zero attached hydrogens (tertiary/aromatic N) is 12. The maximum atomic E-state index is 8.09. The summed E-state index contributed by atoms with van der Waals surface area (Å²) in [5.41, 5.74) is 0. The van der Waals surface area contributed by atoms with Crippen molar-refractivity contribution in [2.45, 2.75) is 20.8 Å². The summed E-state index contributed by atoms with van der Waals surface area (Å²) in [7, 11) is 0. The van der Waals surface area contributed by atoms with Gasteiger partial charge in [-0.15, -0.1) is 0 Å². The van der Waals surface area contributed by atoms with Crippen molar-refractivity contribution in [3.05, 3.63) is 84.8 Å². The van der Waals surface area contributed by atoms with Crippen LogP contribution in [0.3, 0.4) is 0 Å². The first-order valence-electron chi connectivity index (χ1n) is 6.39. The van der Waals surface area contributed by atoms with E-state index in [1.807, 2.05) is 0 Å². The number of hydrogen-bond donors (Lipinski definition) is 2.